The zero-order valence-electron chi connectivity index (χ0n) is 11.3. The molecular formula is C16H22N2O. The highest BCUT2D eigenvalue weighted by Gasteiger charge is 2.52. The van der Waals surface area contributed by atoms with Crippen molar-refractivity contribution in [2.75, 3.05) is 18.4 Å². The quantitative estimate of drug-likeness (QED) is 0.809. The number of anilines is 1. The first-order valence-corrected chi connectivity index (χ1v) is 7.58. The van der Waals surface area contributed by atoms with Crippen LogP contribution in [0.25, 0.3) is 0 Å². The Hall–Kier alpha value is -1.06. The average molecular weight is 258 g/mol. The summed E-state index contributed by atoms with van der Waals surface area (Å²) in [6.07, 6.45) is 5.48. The Kier molecular flexibility index (Phi) is 2.61. The number of hydrogen-bond donors (Lipinski definition) is 2. The number of aryl methyl sites for hydroxylation is 1. The van der Waals surface area contributed by atoms with Crippen LogP contribution in [0, 0.1) is 0 Å². The topological polar surface area (TPSA) is 35.5 Å². The molecule has 0 aliphatic carbocycles. The Morgan fingerprint density at radius 1 is 1.21 bits per heavy atom. The first kappa shape index (κ1) is 11.7. The molecule has 102 valence electrons. The van der Waals surface area contributed by atoms with E-state index in [4.69, 9.17) is 0 Å². The van der Waals surface area contributed by atoms with Crippen LogP contribution in [0.2, 0.25) is 0 Å². The van der Waals surface area contributed by atoms with Gasteiger partial charge < -0.3 is 10.4 Å². The van der Waals surface area contributed by atoms with Gasteiger partial charge in [0, 0.05) is 18.3 Å². The lowest BCUT2D eigenvalue weighted by Gasteiger charge is -2.41. The molecule has 2 N–H and O–H groups in total. The normalized spacial score (nSPS) is 37.7. The van der Waals surface area contributed by atoms with Crippen LogP contribution in [0.4, 0.5) is 5.69 Å². The molecule has 0 amide bonds. The van der Waals surface area contributed by atoms with Crippen LogP contribution in [-0.4, -0.2) is 40.8 Å². The van der Waals surface area contributed by atoms with Gasteiger partial charge in [0.2, 0.25) is 0 Å². The standard InChI is InChI=1S/C16H22N2O/c19-16(9-11-18-10-3-6-15(16)18)14-8-7-12-4-1-2-5-13(12)17-14/h1-2,4-5,14-15,17,19H,3,6-11H2. The maximum absolute atomic E-state index is 11.2. The van der Waals surface area contributed by atoms with Gasteiger partial charge in [0.05, 0.1) is 6.04 Å². The molecule has 2 fully saturated rings. The van der Waals surface area contributed by atoms with Crippen LogP contribution in [0.5, 0.6) is 0 Å². The number of para-hydroxylation sites is 1. The van der Waals surface area contributed by atoms with Crippen LogP contribution < -0.4 is 5.32 Å². The molecule has 0 aromatic heterocycles. The van der Waals surface area contributed by atoms with Gasteiger partial charge in [-0.3, -0.25) is 4.90 Å². The number of hydrogen-bond acceptors (Lipinski definition) is 3. The molecule has 3 nitrogen and oxygen atoms in total. The summed E-state index contributed by atoms with van der Waals surface area (Å²) in [7, 11) is 0. The van der Waals surface area contributed by atoms with Gasteiger partial charge in [0.25, 0.3) is 0 Å². The molecule has 0 saturated carbocycles. The van der Waals surface area contributed by atoms with Crippen molar-refractivity contribution < 1.29 is 5.11 Å². The highest BCUT2D eigenvalue weighted by Crippen LogP contribution is 2.42. The molecule has 3 aliphatic heterocycles. The second-order valence-electron chi connectivity index (χ2n) is 6.33. The molecule has 3 heteroatoms. The van der Waals surface area contributed by atoms with E-state index in [1.54, 1.807) is 0 Å². The minimum Gasteiger partial charge on any atom is -0.386 e. The van der Waals surface area contributed by atoms with Gasteiger partial charge in [0.15, 0.2) is 0 Å². The average Bonchev–Trinajstić information content (AvgIpc) is 3.03. The maximum Gasteiger partial charge on any atom is 0.101 e. The summed E-state index contributed by atoms with van der Waals surface area (Å²) >= 11 is 0. The summed E-state index contributed by atoms with van der Waals surface area (Å²) in [4.78, 5) is 2.49. The summed E-state index contributed by atoms with van der Waals surface area (Å²) < 4.78 is 0. The molecule has 19 heavy (non-hydrogen) atoms. The van der Waals surface area contributed by atoms with Crippen molar-refractivity contribution in [1.82, 2.24) is 4.90 Å². The molecule has 1 aromatic rings. The van der Waals surface area contributed by atoms with E-state index in [1.165, 1.54) is 24.2 Å². The number of nitrogens with one attached hydrogen (secondary N) is 1. The van der Waals surface area contributed by atoms with Crippen molar-refractivity contribution in [2.24, 2.45) is 0 Å². The van der Waals surface area contributed by atoms with E-state index in [1.807, 2.05) is 0 Å². The van der Waals surface area contributed by atoms with E-state index in [9.17, 15) is 5.11 Å². The summed E-state index contributed by atoms with van der Waals surface area (Å²) in [5.41, 5.74) is 2.09. The van der Waals surface area contributed by atoms with Crippen LogP contribution in [-0.2, 0) is 6.42 Å². The fourth-order valence-corrected chi connectivity index (χ4v) is 4.37. The predicted octanol–water partition coefficient (Wildman–Crippen LogP) is 2.01. The zero-order valence-corrected chi connectivity index (χ0v) is 11.3. The van der Waals surface area contributed by atoms with Crippen molar-refractivity contribution in [3.05, 3.63) is 29.8 Å². The van der Waals surface area contributed by atoms with E-state index < -0.39 is 5.60 Å². The van der Waals surface area contributed by atoms with E-state index in [0.717, 1.165) is 32.2 Å². The Balaban J connectivity index is 1.61. The minimum atomic E-state index is -0.524. The van der Waals surface area contributed by atoms with Crippen LogP contribution in [0.1, 0.15) is 31.2 Å². The number of benzene rings is 1. The van der Waals surface area contributed by atoms with Gasteiger partial charge in [-0.25, -0.2) is 0 Å². The highest BCUT2D eigenvalue weighted by atomic mass is 16.3. The molecular weight excluding hydrogens is 236 g/mol. The molecule has 3 aliphatic rings. The van der Waals surface area contributed by atoms with E-state index in [-0.39, 0.29) is 6.04 Å². The van der Waals surface area contributed by atoms with Crippen molar-refractivity contribution in [3.8, 4) is 0 Å². The van der Waals surface area contributed by atoms with Gasteiger partial charge in [-0.1, -0.05) is 18.2 Å². The zero-order chi connectivity index (χ0) is 12.9. The molecule has 1 aromatic carbocycles. The minimum absolute atomic E-state index is 0.218. The largest absolute Gasteiger partial charge is 0.386 e. The highest BCUT2D eigenvalue weighted by molar-refractivity contribution is 5.54. The van der Waals surface area contributed by atoms with Gasteiger partial charge in [-0.05, 0) is 50.3 Å². The third-order valence-corrected chi connectivity index (χ3v) is 5.39. The van der Waals surface area contributed by atoms with E-state index >= 15 is 0 Å². The second-order valence-corrected chi connectivity index (χ2v) is 6.33. The number of fused-ring (bicyclic) bond motifs is 2. The summed E-state index contributed by atoms with van der Waals surface area (Å²) in [6.45, 7) is 2.25. The molecule has 0 spiro atoms. The Morgan fingerprint density at radius 3 is 3.05 bits per heavy atom. The summed E-state index contributed by atoms with van der Waals surface area (Å²) in [5, 5.41) is 14.8. The van der Waals surface area contributed by atoms with Gasteiger partial charge in [-0.15, -0.1) is 0 Å². The Morgan fingerprint density at radius 2 is 2.11 bits per heavy atom. The van der Waals surface area contributed by atoms with Crippen LogP contribution >= 0.6 is 0 Å². The molecule has 4 rings (SSSR count). The van der Waals surface area contributed by atoms with Gasteiger partial charge in [0.1, 0.15) is 5.60 Å². The van der Waals surface area contributed by atoms with Crippen molar-refractivity contribution in [3.63, 3.8) is 0 Å². The molecule has 3 atom stereocenters. The molecule has 3 heterocycles. The lowest BCUT2D eigenvalue weighted by atomic mass is 9.80. The van der Waals surface area contributed by atoms with Gasteiger partial charge >= 0.3 is 0 Å². The lowest BCUT2D eigenvalue weighted by Crippen LogP contribution is -2.55. The van der Waals surface area contributed by atoms with Crippen molar-refractivity contribution in [2.45, 2.75) is 49.8 Å². The van der Waals surface area contributed by atoms with Crippen molar-refractivity contribution in [1.29, 1.82) is 0 Å². The first-order valence-electron chi connectivity index (χ1n) is 7.58. The Bertz CT molecular complexity index is 489. The third kappa shape index (κ3) is 1.72. The summed E-state index contributed by atoms with van der Waals surface area (Å²) in [6, 6.07) is 9.12. The van der Waals surface area contributed by atoms with Crippen LogP contribution in [0.15, 0.2) is 24.3 Å². The van der Waals surface area contributed by atoms with E-state index in [0.29, 0.717) is 6.04 Å². The molecule has 3 unspecified atom stereocenters. The fraction of sp³-hybridized carbons (Fsp3) is 0.625. The van der Waals surface area contributed by atoms with Crippen molar-refractivity contribution >= 4 is 5.69 Å². The summed E-state index contributed by atoms with van der Waals surface area (Å²) in [5.74, 6) is 0. The smallest absolute Gasteiger partial charge is 0.101 e. The van der Waals surface area contributed by atoms with Crippen LogP contribution in [0.3, 0.4) is 0 Å². The SMILES string of the molecule is OC1(C2CCc3ccccc3N2)CCN2CCCC21. The molecule has 0 radical (unpaired) electrons. The number of aliphatic hydroxyl groups is 1. The maximum atomic E-state index is 11.2. The second kappa shape index (κ2) is 4.22. The number of nitrogens with zero attached hydrogens (tertiary/aromatic N) is 1. The number of rotatable bonds is 1. The van der Waals surface area contributed by atoms with Gasteiger partial charge in [-0.2, -0.15) is 0 Å². The third-order valence-electron chi connectivity index (χ3n) is 5.39. The lowest BCUT2D eigenvalue weighted by molar-refractivity contribution is -0.00683. The Labute approximate surface area is 114 Å². The first-order chi connectivity index (χ1) is 9.27. The monoisotopic (exact) mass is 258 g/mol. The van der Waals surface area contributed by atoms with E-state index in [2.05, 4.69) is 34.5 Å². The molecule has 0 bridgehead atoms. The molecule has 2 saturated heterocycles. The fourth-order valence-electron chi connectivity index (χ4n) is 4.37. The predicted molar refractivity (Wildman–Crippen MR) is 76.3 cm³/mol.